The molecule has 8 heteroatoms. The predicted octanol–water partition coefficient (Wildman–Crippen LogP) is 3.11. The van der Waals surface area contributed by atoms with Crippen molar-refractivity contribution in [1.29, 1.82) is 0 Å². The number of nitrogens with zero attached hydrogens (tertiary/aromatic N) is 1. The van der Waals surface area contributed by atoms with Crippen LogP contribution in [0.25, 0.3) is 0 Å². The maximum atomic E-state index is 13.7. The highest BCUT2D eigenvalue weighted by molar-refractivity contribution is 6.09. The van der Waals surface area contributed by atoms with Gasteiger partial charge in [-0.15, -0.1) is 0 Å². The highest BCUT2D eigenvalue weighted by atomic mass is 16.5. The number of benzene rings is 2. The molecule has 0 radical (unpaired) electrons. The minimum absolute atomic E-state index is 0.0579. The molecule has 0 spiro atoms. The molecule has 3 N–H and O–H groups in total. The van der Waals surface area contributed by atoms with Crippen LogP contribution >= 0.6 is 0 Å². The van der Waals surface area contributed by atoms with Crippen molar-refractivity contribution in [3.63, 3.8) is 0 Å². The van der Waals surface area contributed by atoms with Crippen molar-refractivity contribution in [3.05, 3.63) is 59.7 Å². The first kappa shape index (κ1) is 23.8. The lowest BCUT2D eigenvalue weighted by Crippen LogP contribution is -2.56. The van der Waals surface area contributed by atoms with Crippen LogP contribution in [0.4, 0.5) is 0 Å². The van der Waals surface area contributed by atoms with Crippen molar-refractivity contribution >= 4 is 17.8 Å². The van der Waals surface area contributed by atoms with E-state index in [9.17, 15) is 24.6 Å². The normalized spacial score (nSPS) is 26.2. The summed E-state index contributed by atoms with van der Waals surface area (Å²) in [5.41, 5.74) is -0.523. The van der Waals surface area contributed by atoms with Crippen LogP contribution in [0, 0.1) is 17.8 Å². The number of hydrogen-bond acceptors (Lipinski definition) is 6. The van der Waals surface area contributed by atoms with E-state index in [4.69, 9.17) is 4.74 Å². The van der Waals surface area contributed by atoms with Crippen LogP contribution in [0.1, 0.15) is 44.4 Å². The van der Waals surface area contributed by atoms with E-state index in [0.29, 0.717) is 12.2 Å². The Morgan fingerprint density at radius 1 is 1.12 bits per heavy atom. The highest BCUT2D eigenvalue weighted by Crippen LogP contribution is 2.53. The van der Waals surface area contributed by atoms with Crippen molar-refractivity contribution in [1.82, 2.24) is 10.2 Å². The highest BCUT2D eigenvalue weighted by Gasteiger charge is 2.68. The molecule has 2 saturated heterocycles. The van der Waals surface area contributed by atoms with Gasteiger partial charge in [-0.05, 0) is 30.9 Å². The summed E-state index contributed by atoms with van der Waals surface area (Å²) in [5.74, 6) is -4.15. The zero-order chi connectivity index (χ0) is 24.6. The number of likely N-dealkylation sites (tertiary alicyclic amines) is 1. The number of imide groups is 1. The molecular weight excluding hydrogens is 436 g/mol. The number of fused-ring (bicyclic) bond motifs is 1. The van der Waals surface area contributed by atoms with Gasteiger partial charge in [0.1, 0.15) is 5.54 Å². The van der Waals surface area contributed by atoms with Crippen molar-refractivity contribution in [3.8, 4) is 11.5 Å². The number of aromatic hydroxyl groups is 1. The van der Waals surface area contributed by atoms with Crippen molar-refractivity contribution in [2.75, 3.05) is 6.61 Å². The van der Waals surface area contributed by atoms with E-state index in [1.165, 1.54) is 4.90 Å². The molecule has 2 heterocycles. The summed E-state index contributed by atoms with van der Waals surface area (Å²) in [7, 11) is 0. The third kappa shape index (κ3) is 3.81. The molecule has 2 fully saturated rings. The third-order valence-electron chi connectivity index (χ3n) is 6.71. The van der Waals surface area contributed by atoms with Crippen LogP contribution in [0.3, 0.4) is 0 Å². The summed E-state index contributed by atoms with van der Waals surface area (Å²) < 4.78 is 5.50. The molecule has 2 amide bonds. The maximum absolute atomic E-state index is 13.7. The Hall–Kier alpha value is -3.39. The monoisotopic (exact) mass is 466 g/mol. The van der Waals surface area contributed by atoms with Gasteiger partial charge in [0.15, 0.2) is 11.5 Å². The Morgan fingerprint density at radius 2 is 1.82 bits per heavy atom. The molecule has 4 rings (SSSR count). The summed E-state index contributed by atoms with van der Waals surface area (Å²) >= 11 is 0. The first-order valence-electron chi connectivity index (χ1n) is 11.6. The quantitative estimate of drug-likeness (QED) is 0.512. The Balaban J connectivity index is 1.82. The number of aliphatic carboxylic acids is 1. The lowest BCUT2D eigenvalue weighted by Gasteiger charge is -2.32. The maximum Gasteiger partial charge on any atom is 0.324 e. The van der Waals surface area contributed by atoms with Crippen LogP contribution in [0.15, 0.2) is 48.5 Å². The van der Waals surface area contributed by atoms with E-state index in [-0.39, 0.29) is 30.4 Å². The predicted molar refractivity (Wildman–Crippen MR) is 124 cm³/mol. The van der Waals surface area contributed by atoms with Gasteiger partial charge in [0.05, 0.1) is 25.0 Å². The third-order valence-corrected chi connectivity index (χ3v) is 6.71. The summed E-state index contributed by atoms with van der Waals surface area (Å²) in [5, 5.41) is 24.4. The molecule has 0 unspecified atom stereocenters. The molecule has 8 nitrogen and oxygen atoms in total. The summed E-state index contributed by atoms with van der Waals surface area (Å²) in [6, 6.07) is 13.2. The van der Waals surface area contributed by atoms with Gasteiger partial charge in [-0.1, -0.05) is 56.3 Å². The fourth-order valence-corrected chi connectivity index (χ4v) is 5.43. The van der Waals surface area contributed by atoms with Gasteiger partial charge in [0, 0.05) is 11.6 Å². The molecule has 0 aromatic heterocycles. The second kappa shape index (κ2) is 9.10. The number of ether oxygens (including phenoxy) is 1. The van der Waals surface area contributed by atoms with E-state index >= 15 is 0 Å². The smallest absolute Gasteiger partial charge is 0.324 e. The molecule has 2 aliphatic heterocycles. The Bertz CT molecular complexity index is 1100. The standard InChI is InChI=1S/C26H30N2O6/c1-4-34-18-12-8-11-17(22(18)29)21-19-20(26(27-21,25(32)33)13-15(2)3)24(31)28(23(19)30)14-16-9-6-5-7-10-16/h5-12,15,19-21,27,29H,4,13-14H2,1-3H3,(H,32,33)/t19-,20+,21+,26+/m1/s1. The zero-order valence-corrected chi connectivity index (χ0v) is 19.5. The largest absolute Gasteiger partial charge is 0.504 e. The topological polar surface area (TPSA) is 116 Å². The number of carbonyl (C=O) groups is 3. The molecule has 34 heavy (non-hydrogen) atoms. The Kier molecular flexibility index (Phi) is 6.36. The van der Waals surface area contributed by atoms with E-state index in [0.717, 1.165) is 5.56 Å². The van der Waals surface area contributed by atoms with Crippen molar-refractivity contribution in [2.24, 2.45) is 17.8 Å². The molecule has 180 valence electrons. The average Bonchev–Trinajstić information content (AvgIpc) is 3.25. The van der Waals surface area contributed by atoms with Crippen LogP contribution < -0.4 is 10.1 Å². The SMILES string of the molecule is CCOc1cccc([C@@H]2N[C@](CC(C)C)(C(=O)O)[C@@H]3C(=O)N(Cc4ccccc4)C(=O)[C@H]32)c1O. The molecular formula is C26H30N2O6. The van der Waals surface area contributed by atoms with Gasteiger partial charge in [-0.25, -0.2) is 0 Å². The number of hydrogen-bond donors (Lipinski definition) is 3. The van der Waals surface area contributed by atoms with E-state index in [2.05, 4.69) is 5.32 Å². The molecule has 0 bridgehead atoms. The number of carbonyl (C=O) groups excluding carboxylic acids is 2. The molecule has 0 aliphatic carbocycles. The second-order valence-electron chi connectivity index (χ2n) is 9.38. The van der Waals surface area contributed by atoms with Gasteiger partial charge in [0.25, 0.3) is 0 Å². The van der Waals surface area contributed by atoms with E-state index < -0.39 is 41.2 Å². The summed E-state index contributed by atoms with van der Waals surface area (Å²) in [4.78, 5) is 41.2. The van der Waals surface area contributed by atoms with Gasteiger partial charge in [0.2, 0.25) is 11.8 Å². The average molecular weight is 467 g/mol. The van der Waals surface area contributed by atoms with Gasteiger partial charge in [-0.2, -0.15) is 0 Å². The molecule has 2 aromatic carbocycles. The van der Waals surface area contributed by atoms with Crippen molar-refractivity contribution < 1.29 is 29.3 Å². The Labute approximate surface area is 198 Å². The molecule has 2 aromatic rings. The van der Waals surface area contributed by atoms with Gasteiger partial charge >= 0.3 is 5.97 Å². The number of phenols is 1. The second-order valence-corrected chi connectivity index (χ2v) is 9.38. The van der Waals surface area contributed by atoms with Crippen LogP contribution in [-0.2, 0) is 20.9 Å². The molecule has 0 saturated carbocycles. The summed E-state index contributed by atoms with van der Waals surface area (Å²) in [6.45, 7) is 5.95. The van der Waals surface area contributed by atoms with Crippen LogP contribution in [0.5, 0.6) is 11.5 Å². The number of amides is 2. The Morgan fingerprint density at radius 3 is 2.44 bits per heavy atom. The lowest BCUT2D eigenvalue weighted by molar-refractivity contribution is -0.152. The van der Waals surface area contributed by atoms with Crippen molar-refractivity contribution in [2.45, 2.75) is 45.3 Å². The van der Waals surface area contributed by atoms with Crippen LogP contribution in [0.2, 0.25) is 0 Å². The first-order chi connectivity index (χ1) is 16.2. The number of para-hydroxylation sites is 1. The number of rotatable bonds is 8. The number of phenolic OH excluding ortho intramolecular Hbond substituents is 1. The first-order valence-corrected chi connectivity index (χ1v) is 11.6. The van der Waals surface area contributed by atoms with E-state index in [1.54, 1.807) is 25.1 Å². The van der Waals surface area contributed by atoms with Crippen LogP contribution in [-0.4, -0.2) is 45.0 Å². The minimum Gasteiger partial charge on any atom is -0.504 e. The zero-order valence-electron chi connectivity index (χ0n) is 19.5. The fourth-order valence-electron chi connectivity index (χ4n) is 5.43. The number of nitrogens with one attached hydrogen (secondary N) is 1. The lowest BCUT2D eigenvalue weighted by atomic mass is 9.75. The van der Waals surface area contributed by atoms with E-state index in [1.807, 2.05) is 44.2 Å². The fraction of sp³-hybridized carbons (Fsp3) is 0.423. The van der Waals surface area contributed by atoms with Gasteiger partial charge < -0.3 is 14.9 Å². The number of carboxylic acids is 1. The minimum atomic E-state index is -1.64. The van der Waals surface area contributed by atoms with Gasteiger partial charge in [-0.3, -0.25) is 24.6 Å². The number of carboxylic acid groups (broad SMARTS) is 1. The summed E-state index contributed by atoms with van der Waals surface area (Å²) in [6.07, 6.45) is 0.157. The molecule has 2 aliphatic rings. The molecule has 4 atom stereocenters.